The van der Waals surface area contributed by atoms with Gasteiger partial charge in [-0.2, -0.15) is 0 Å². The first-order chi connectivity index (χ1) is 25.2. The molecule has 0 heteroatoms. The third-order valence-electron chi connectivity index (χ3n) is 12.4. The van der Waals surface area contributed by atoms with Gasteiger partial charge >= 0.3 is 0 Å². The first-order valence-corrected chi connectivity index (χ1v) is 18.7. The van der Waals surface area contributed by atoms with E-state index in [-0.39, 0.29) is 10.8 Å². The third-order valence-corrected chi connectivity index (χ3v) is 12.4. The van der Waals surface area contributed by atoms with Gasteiger partial charge in [0.25, 0.3) is 0 Å². The molecule has 250 valence electrons. The van der Waals surface area contributed by atoms with Crippen LogP contribution in [-0.2, 0) is 17.3 Å². The molecule has 0 spiro atoms. The van der Waals surface area contributed by atoms with Crippen molar-refractivity contribution in [1.29, 1.82) is 0 Å². The highest BCUT2D eigenvalue weighted by Crippen LogP contribution is 2.56. The Labute approximate surface area is 307 Å². The molecule has 8 aromatic carbocycles. The average molecular weight is 667 g/mol. The number of aryl methyl sites for hydroxylation is 2. The van der Waals surface area contributed by atoms with Crippen molar-refractivity contribution in [1.82, 2.24) is 0 Å². The fraction of sp³-hybridized carbons (Fsp3) is 0.154. The summed E-state index contributed by atoms with van der Waals surface area (Å²) in [5, 5.41) is 5.17. The molecule has 10 rings (SSSR count). The predicted molar refractivity (Wildman–Crippen MR) is 221 cm³/mol. The summed E-state index contributed by atoms with van der Waals surface area (Å²) < 4.78 is 0. The zero-order valence-corrected chi connectivity index (χ0v) is 30.6. The summed E-state index contributed by atoms with van der Waals surface area (Å²) in [4.78, 5) is 0. The minimum absolute atomic E-state index is 0.132. The average Bonchev–Trinajstić information content (AvgIpc) is 3.55. The lowest BCUT2D eigenvalue weighted by atomic mass is 9.73. The van der Waals surface area contributed by atoms with E-state index in [1.807, 2.05) is 0 Å². The Balaban J connectivity index is 1.12. The van der Waals surface area contributed by atoms with Crippen molar-refractivity contribution in [3.63, 3.8) is 0 Å². The molecule has 52 heavy (non-hydrogen) atoms. The van der Waals surface area contributed by atoms with Gasteiger partial charge in [0.2, 0.25) is 0 Å². The van der Waals surface area contributed by atoms with Crippen LogP contribution in [0.3, 0.4) is 0 Å². The summed E-state index contributed by atoms with van der Waals surface area (Å²) >= 11 is 0. The Morgan fingerprint density at radius 2 is 0.962 bits per heavy atom. The van der Waals surface area contributed by atoms with Crippen LogP contribution >= 0.6 is 0 Å². The van der Waals surface area contributed by atoms with Crippen LogP contribution in [0.5, 0.6) is 0 Å². The molecule has 8 aromatic rings. The molecule has 0 aliphatic heterocycles. The highest BCUT2D eigenvalue weighted by atomic mass is 14.5. The molecule has 0 saturated carbocycles. The predicted octanol–water partition coefficient (Wildman–Crippen LogP) is 13.8. The van der Waals surface area contributed by atoms with Crippen LogP contribution in [0.4, 0.5) is 0 Å². The van der Waals surface area contributed by atoms with Gasteiger partial charge in [-0.25, -0.2) is 0 Å². The fourth-order valence-corrected chi connectivity index (χ4v) is 9.81. The van der Waals surface area contributed by atoms with E-state index in [0.717, 1.165) is 6.42 Å². The molecule has 1 unspecified atom stereocenters. The van der Waals surface area contributed by atoms with E-state index in [4.69, 9.17) is 0 Å². The molecule has 0 saturated heterocycles. The normalized spacial score (nSPS) is 16.5. The molecule has 0 aromatic heterocycles. The minimum Gasteiger partial charge on any atom is -0.0619 e. The van der Waals surface area contributed by atoms with Gasteiger partial charge in [-0.3, -0.25) is 0 Å². The van der Waals surface area contributed by atoms with E-state index in [0.29, 0.717) is 0 Å². The molecule has 0 heterocycles. The largest absolute Gasteiger partial charge is 0.0619 e. The molecule has 0 amide bonds. The SMILES string of the molecule is Cc1ccc2ccc(-c3ccc4c(c3)C(C)(Cc3cccc5c3-c3cccc(-c6ccc7ccc(C)cc7c6)c3C5(C)C)c3ccccc3-4)cc2c1. The zero-order valence-electron chi connectivity index (χ0n) is 30.6. The van der Waals surface area contributed by atoms with Gasteiger partial charge in [0.05, 0.1) is 0 Å². The van der Waals surface area contributed by atoms with Crippen molar-refractivity contribution in [3.8, 4) is 44.5 Å². The number of benzene rings is 8. The Hall–Kier alpha value is -5.72. The van der Waals surface area contributed by atoms with Gasteiger partial charge in [-0.05, 0) is 132 Å². The molecule has 0 bridgehead atoms. The van der Waals surface area contributed by atoms with E-state index in [1.165, 1.54) is 105 Å². The van der Waals surface area contributed by atoms with E-state index >= 15 is 0 Å². The minimum atomic E-state index is -0.189. The van der Waals surface area contributed by atoms with Crippen LogP contribution in [0.1, 0.15) is 59.7 Å². The van der Waals surface area contributed by atoms with Gasteiger partial charge in [-0.15, -0.1) is 0 Å². The van der Waals surface area contributed by atoms with Crippen LogP contribution in [0.15, 0.2) is 152 Å². The number of rotatable bonds is 4. The van der Waals surface area contributed by atoms with Crippen LogP contribution in [0.25, 0.3) is 66.1 Å². The highest BCUT2D eigenvalue weighted by molar-refractivity contribution is 5.94. The van der Waals surface area contributed by atoms with E-state index in [1.54, 1.807) is 0 Å². The van der Waals surface area contributed by atoms with E-state index in [9.17, 15) is 0 Å². The summed E-state index contributed by atoms with van der Waals surface area (Å²) in [6.07, 6.45) is 0.926. The van der Waals surface area contributed by atoms with E-state index < -0.39 is 0 Å². The molecule has 2 aliphatic rings. The summed E-state index contributed by atoms with van der Waals surface area (Å²) in [5.74, 6) is 0. The maximum absolute atomic E-state index is 2.49. The lowest BCUT2D eigenvalue weighted by molar-refractivity contribution is 0.583. The van der Waals surface area contributed by atoms with Crippen LogP contribution < -0.4 is 0 Å². The summed E-state index contributed by atoms with van der Waals surface area (Å²) in [6, 6.07) is 57.8. The maximum Gasteiger partial charge on any atom is 0.0227 e. The molecular weight excluding hydrogens is 625 g/mol. The molecule has 1 atom stereocenters. The molecule has 0 nitrogen and oxygen atoms in total. The second kappa shape index (κ2) is 11.1. The second-order valence-electron chi connectivity index (χ2n) is 16.1. The van der Waals surface area contributed by atoms with Crippen molar-refractivity contribution in [2.24, 2.45) is 0 Å². The monoisotopic (exact) mass is 666 g/mol. The number of hydrogen-bond acceptors (Lipinski definition) is 0. The van der Waals surface area contributed by atoms with Gasteiger partial charge in [0, 0.05) is 10.8 Å². The van der Waals surface area contributed by atoms with Crippen molar-refractivity contribution in [2.75, 3.05) is 0 Å². The lowest BCUT2D eigenvalue weighted by Crippen LogP contribution is -2.24. The number of fused-ring (bicyclic) bond motifs is 8. The quantitative estimate of drug-likeness (QED) is 0.175. The first-order valence-electron chi connectivity index (χ1n) is 18.7. The van der Waals surface area contributed by atoms with Crippen molar-refractivity contribution in [2.45, 2.75) is 51.9 Å². The highest BCUT2D eigenvalue weighted by Gasteiger charge is 2.43. The Bertz CT molecular complexity index is 2770. The molecule has 0 radical (unpaired) electrons. The third kappa shape index (κ3) is 4.53. The van der Waals surface area contributed by atoms with Crippen molar-refractivity contribution in [3.05, 3.63) is 191 Å². The zero-order chi connectivity index (χ0) is 35.4. The van der Waals surface area contributed by atoms with Crippen LogP contribution in [0.2, 0.25) is 0 Å². The fourth-order valence-electron chi connectivity index (χ4n) is 9.81. The molecular formula is C52H42. The standard InChI is InChI=1S/C52H42/c1-32-16-18-34-20-22-36(28-40(34)26-32)37-24-25-44-43-11-6-7-14-46(43)52(5,48(44)30-37)31-39-10-8-15-47-49(39)45-13-9-12-42(50(45)51(47,3)4)38-23-21-35-19-17-33(2)27-41(35)29-38/h6-30H,31H2,1-5H3. The van der Waals surface area contributed by atoms with Crippen LogP contribution in [-0.4, -0.2) is 0 Å². The van der Waals surface area contributed by atoms with Gasteiger partial charge in [-0.1, -0.05) is 165 Å². The lowest BCUT2D eigenvalue weighted by Gasteiger charge is -2.29. The van der Waals surface area contributed by atoms with Gasteiger partial charge in [0.1, 0.15) is 0 Å². The smallest absolute Gasteiger partial charge is 0.0227 e. The first kappa shape index (κ1) is 31.1. The Morgan fingerprint density at radius 1 is 0.404 bits per heavy atom. The van der Waals surface area contributed by atoms with E-state index in [2.05, 4.69) is 186 Å². The molecule has 2 aliphatic carbocycles. The molecule has 0 N–H and O–H groups in total. The summed E-state index contributed by atoms with van der Waals surface area (Å²) in [7, 11) is 0. The topological polar surface area (TPSA) is 0 Å². The van der Waals surface area contributed by atoms with Gasteiger partial charge < -0.3 is 0 Å². The molecule has 0 fully saturated rings. The summed E-state index contributed by atoms with van der Waals surface area (Å²) in [5.41, 5.74) is 20.1. The Kier molecular flexibility index (Phi) is 6.65. The van der Waals surface area contributed by atoms with Gasteiger partial charge in [0.15, 0.2) is 0 Å². The second-order valence-corrected chi connectivity index (χ2v) is 16.1. The van der Waals surface area contributed by atoms with Crippen LogP contribution in [0, 0.1) is 13.8 Å². The van der Waals surface area contributed by atoms with Crippen molar-refractivity contribution < 1.29 is 0 Å². The number of hydrogen-bond donors (Lipinski definition) is 0. The van der Waals surface area contributed by atoms with Crippen molar-refractivity contribution >= 4 is 21.5 Å². The maximum atomic E-state index is 2.49. The summed E-state index contributed by atoms with van der Waals surface area (Å²) in [6.45, 7) is 11.7. The Morgan fingerprint density at radius 3 is 1.73 bits per heavy atom.